The smallest absolute Gasteiger partial charge is 0.0627 e. The highest BCUT2D eigenvalue weighted by molar-refractivity contribution is 5.00. The average Bonchev–Trinajstić information content (AvgIpc) is 2.65. The van der Waals surface area contributed by atoms with E-state index < -0.39 is 0 Å². The second-order valence-corrected chi connectivity index (χ2v) is 4.54. The topological polar surface area (TPSA) is 29.9 Å². The zero-order chi connectivity index (χ0) is 11.8. The van der Waals surface area contributed by atoms with Gasteiger partial charge in [-0.15, -0.1) is 0 Å². The number of rotatable bonds is 8. The third-order valence-corrected chi connectivity index (χ3v) is 2.82. The van der Waals surface area contributed by atoms with Crippen LogP contribution >= 0.6 is 0 Å². The number of nitrogens with one attached hydrogen (secondary N) is 1. The first-order valence-electron chi connectivity index (χ1n) is 6.45. The van der Waals surface area contributed by atoms with E-state index in [9.17, 15) is 0 Å². The van der Waals surface area contributed by atoms with Crippen molar-refractivity contribution >= 4 is 0 Å². The van der Waals surface area contributed by atoms with Crippen LogP contribution in [-0.4, -0.2) is 22.9 Å². The van der Waals surface area contributed by atoms with E-state index in [0.29, 0.717) is 0 Å². The van der Waals surface area contributed by atoms with E-state index in [2.05, 4.69) is 30.3 Å². The van der Waals surface area contributed by atoms with E-state index in [1.807, 2.05) is 17.9 Å². The molecule has 0 saturated heterocycles. The third-order valence-electron chi connectivity index (χ3n) is 2.82. The minimum atomic E-state index is 0.728. The van der Waals surface area contributed by atoms with Gasteiger partial charge in [0.2, 0.25) is 0 Å². The van der Waals surface area contributed by atoms with Gasteiger partial charge in [-0.3, -0.25) is 4.68 Å². The standard InChI is InChI=1S/C13H25N3/c1-4-6-12(11-14-8-5-2)10-13-7-9-16(3)15-13/h7,9,12,14H,4-6,8,10-11H2,1-3H3. The first-order valence-corrected chi connectivity index (χ1v) is 6.45. The Hall–Kier alpha value is -0.830. The molecule has 1 unspecified atom stereocenters. The van der Waals surface area contributed by atoms with Crippen LogP contribution in [0.3, 0.4) is 0 Å². The highest BCUT2D eigenvalue weighted by Crippen LogP contribution is 2.12. The highest BCUT2D eigenvalue weighted by Gasteiger charge is 2.09. The molecule has 1 heterocycles. The molecule has 0 fully saturated rings. The third kappa shape index (κ3) is 4.79. The van der Waals surface area contributed by atoms with Crippen molar-refractivity contribution in [2.45, 2.75) is 39.5 Å². The van der Waals surface area contributed by atoms with Crippen molar-refractivity contribution in [2.24, 2.45) is 13.0 Å². The number of nitrogens with zero attached hydrogens (tertiary/aromatic N) is 2. The SMILES string of the molecule is CCCNCC(CCC)Cc1ccn(C)n1. The maximum absolute atomic E-state index is 4.45. The lowest BCUT2D eigenvalue weighted by atomic mass is 9.98. The van der Waals surface area contributed by atoms with Gasteiger partial charge in [0.15, 0.2) is 0 Å². The van der Waals surface area contributed by atoms with E-state index in [1.54, 1.807) is 0 Å². The molecular weight excluding hydrogens is 198 g/mol. The summed E-state index contributed by atoms with van der Waals surface area (Å²) in [5.41, 5.74) is 1.22. The van der Waals surface area contributed by atoms with E-state index in [0.717, 1.165) is 25.4 Å². The molecule has 1 aromatic heterocycles. The lowest BCUT2D eigenvalue weighted by Gasteiger charge is -2.15. The van der Waals surface area contributed by atoms with Crippen molar-refractivity contribution in [1.29, 1.82) is 0 Å². The molecule has 0 aliphatic heterocycles. The molecule has 16 heavy (non-hydrogen) atoms. The molecule has 0 radical (unpaired) electrons. The molecule has 3 nitrogen and oxygen atoms in total. The van der Waals surface area contributed by atoms with Crippen LogP contribution in [0.4, 0.5) is 0 Å². The summed E-state index contributed by atoms with van der Waals surface area (Å²) in [5, 5.41) is 7.96. The fourth-order valence-corrected chi connectivity index (χ4v) is 2.04. The van der Waals surface area contributed by atoms with Crippen LogP contribution in [0.2, 0.25) is 0 Å². The van der Waals surface area contributed by atoms with E-state index in [1.165, 1.54) is 25.0 Å². The maximum atomic E-state index is 4.45. The molecule has 1 aromatic rings. The van der Waals surface area contributed by atoms with Crippen molar-refractivity contribution in [3.8, 4) is 0 Å². The Balaban J connectivity index is 2.37. The number of hydrogen-bond donors (Lipinski definition) is 1. The van der Waals surface area contributed by atoms with Gasteiger partial charge in [-0.05, 0) is 44.3 Å². The average molecular weight is 223 g/mol. The van der Waals surface area contributed by atoms with Gasteiger partial charge < -0.3 is 5.32 Å². The largest absolute Gasteiger partial charge is 0.316 e. The quantitative estimate of drug-likeness (QED) is 0.686. The maximum Gasteiger partial charge on any atom is 0.0627 e. The van der Waals surface area contributed by atoms with Crippen LogP contribution in [-0.2, 0) is 13.5 Å². The summed E-state index contributed by atoms with van der Waals surface area (Å²) in [5.74, 6) is 0.728. The predicted octanol–water partition coefficient (Wildman–Crippen LogP) is 2.38. The fraction of sp³-hybridized carbons (Fsp3) is 0.769. The molecule has 1 N–H and O–H groups in total. The van der Waals surface area contributed by atoms with Crippen molar-refractivity contribution in [1.82, 2.24) is 15.1 Å². The van der Waals surface area contributed by atoms with Crippen LogP contribution < -0.4 is 5.32 Å². The monoisotopic (exact) mass is 223 g/mol. The van der Waals surface area contributed by atoms with E-state index in [4.69, 9.17) is 0 Å². The van der Waals surface area contributed by atoms with Crippen LogP contribution in [0.5, 0.6) is 0 Å². The zero-order valence-corrected chi connectivity index (χ0v) is 10.9. The van der Waals surface area contributed by atoms with Gasteiger partial charge >= 0.3 is 0 Å². The molecule has 0 saturated carbocycles. The lowest BCUT2D eigenvalue weighted by Crippen LogP contribution is -2.25. The molecule has 0 spiro atoms. The van der Waals surface area contributed by atoms with Gasteiger partial charge in [0.05, 0.1) is 5.69 Å². The predicted molar refractivity (Wildman–Crippen MR) is 68.5 cm³/mol. The van der Waals surface area contributed by atoms with E-state index >= 15 is 0 Å². The Bertz CT molecular complexity index is 280. The Labute approximate surface area is 99.2 Å². The van der Waals surface area contributed by atoms with Crippen LogP contribution in [0.25, 0.3) is 0 Å². The van der Waals surface area contributed by atoms with Crippen LogP contribution in [0.15, 0.2) is 12.3 Å². The summed E-state index contributed by atoms with van der Waals surface area (Å²) < 4.78 is 1.89. The first kappa shape index (κ1) is 13.2. The van der Waals surface area contributed by atoms with Crippen LogP contribution in [0, 0.1) is 5.92 Å². The molecule has 0 bridgehead atoms. The first-order chi connectivity index (χ1) is 7.76. The summed E-state index contributed by atoms with van der Waals surface area (Å²) in [6, 6.07) is 2.13. The van der Waals surface area contributed by atoms with Crippen molar-refractivity contribution < 1.29 is 0 Å². The van der Waals surface area contributed by atoms with Gasteiger partial charge in [-0.2, -0.15) is 5.10 Å². The highest BCUT2D eigenvalue weighted by atomic mass is 15.2. The molecular formula is C13H25N3. The van der Waals surface area contributed by atoms with Crippen LogP contribution in [0.1, 0.15) is 38.8 Å². The zero-order valence-electron chi connectivity index (χ0n) is 10.9. The minimum Gasteiger partial charge on any atom is -0.316 e. The summed E-state index contributed by atoms with van der Waals surface area (Å²) in [6.07, 6.45) is 6.88. The molecule has 3 heteroatoms. The van der Waals surface area contributed by atoms with Gasteiger partial charge in [0.25, 0.3) is 0 Å². The fourth-order valence-electron chi connectivity index (χ4n) is 2.04. The Morgan fingerprint density at radius 1 is 1.38 bits per heavy atom. The molecule has 1 rings (SSSR count). The van der Waals surface area contributed by atoms with Crippen molar-refractivity contribution in [3.63, 3.8) is 0 Å². The summed E-state index contributed by atoms with van der Waals surface area (Å²) in [6.45, 7) is 6.71. The number of aromatic nitrogens is 2. The molecule has 92 valence electrons. The van der Waals surface area contributed by atoms with Gasteiger partial charge in [-0.25, -0.2) is 0 Å². The summed E-state index contributed by atoms with van der Waals surface area (Å²) >= 11 is 0. The number of aryl methyl sites for hydroxylation is 1. The van der Waals surface area contributed by atoms with Crippen molar-refractivity contribution in [2.75, 3.05) is 13.1 Å². The lowest BCUT2D eigenvalue weighted by molar-refractivity contribution is 0.434. The molecule has 0 aromatic carbocycles. The van der Waals surface area contributed by atoms with Gasteiger partial charge in [0.1, 0.15) is 0 Å². The Kier molecular flexibility index (Phi) is 6.16. The molecule has 0 amide bonds. The second-order valence-electron chi connectivity index (χ2n) is 4.54. The summed E-state index contributed by atoms with van der Waals surface area (Å²) in [7, 11) is 1.98. The molecule has 0 aliphatic rings. The normalized spacial score (nSPS) is 12.9. The van der Waals surface area contributed by atoms with Gasteiger partial charge in [0, 0.05) is 13.2 Å². The van der Waals surface area contributed by atoms with Gasteiger partial charge in [-0.1, -0.05) is 20.3 Å². The molecule has 0 aliphatic carbocycles. The minimum absolute atomic E-state index is 0.728. The van der Waals surface area contributed by atoms with Crippen molar-refractivity contribution in [3.05, 3.63) is 18.0 Å². The molecule has 1 atom stereocenters. The summed E-state index contributed by atoms with van der Waals surface area (Å²) in [4.78, 5) is 0. The Morgan fingerprint density at radius 3 is 2.75 bits per heavy atom. The second kappa shape index (κ2) is 7.44. The number of hydrogen-bond acceptors (Lipinski definition) is 2. The Morgan fingerprint density at radius 2 is 2.19 bits per heavy atom. The van der Waals surface area contributed by atoms with E-state index in [-0.39, 0.29) is 0 Å².